The van der Waals surface area contributed by atoms with E-state index in [0.29, 0.717) is 19.6 Å². The van der Waals surface area contributed by atoms with Gasteiger partial charge in [-0.1, -0.05) is 13.3 Å². The molecule has 1 heterocycles. The number of rotatable bonds is 5. The molecule has 1 aliphatic rings. The lowest BCUT2D eigenvalue weighted by Crippen LogP contribution is -2.45. The molecule has 5 heteroatoms. The number of carboxylic acid groups (broad SMARTS) is 1. The number of carboxylic acids is 1. The molecule has 0 radical (unpaired) electrons. The van der Waals surface area contributed by atoms with Crippen LogP contribution in [-0.2, 0) is 14.3 Å². The summed E-state index contributed by atoms with van der Waals surface area (Å²) in [6, 6.07) is -0.764. The van der Waals surface area contributed by atoms with Crippen LogP contribution in [0.25, 0.3) is 0 Å². The van der Waals surface area contributed by atoms with E-state index in [-0.39, 0.29) is 11.8 Å². The molecule has 1 amide bonds. The second kappa shape index (κ2) is 6.48. The minimum Gasteiger partial charge on any atom is -0.480 e. The van der Waals surface area contributed by atoms with Crippen LogP contribution in [-0.4, -0.2) is 36.2 Å². The SMILES string of the molecule is CCC[C@H](NC(=O)C1CCCOC1)C(=O)O. The molecule has 0 aromatic carbocycles. The Kier molecular flexibility index (Phi) is 5.25. The van der Waals surface area contributed by atoms with Crippen molar-refractivity contribution in [3.05, 3.63) is 0 Å². The number of amides is 1. The number of carbonyl (C=O) groups excluding carboxylic acids is 1. The molecule has 16 heavy (non-hydrogen) atoms. The molecule has 92 valence electrons. The van der Waals surface area contributed by atoms with Gasteiger partial charge in [0.15, 0.2) is 0 Å². The molecule has 2 atom stereocenters. The number of hydrogen-bond donors (Lipinski definition) is 2. The Morgan fingerprint density at radius 3 is 2.81 bits per heavy atom. The lowest BCUT2D eigenvalue weighted by Gasteiger charge is -2.23. The smallest absolute Gasteiger partial charge is 0.326 e. The van der Waals surface area contributed by atoms with Crippen molar-refractivity contribution in [3.63, 3.8) is 0 Å². The minimum absolute atomic E-state index is 0.188. The Bertz CT molecular complexity index is 248. The largest absolute Gasteiger partial charge is 0.480 e. The van der Waals surface area contributed by atoms with Gasteiger partial charge in [0.05, 0.1) is 12.5 Å². The van der Waals surface area contributed by atoms with E-state index in [1.165, 1.54) is 0 Å². The quantitative estimate of drug-likeness (QED) is 0.730. The molecular formula is C11H19NO4. The fraction of sp³-hybridized carbons (Fsp3) is 0.818. The Hall–Kier alpha value is -1.10. The molecule has 2 N–H and O–H groups in total. The molecule has 1 rings (SSSR count). The van der Waals surface area contributed by atoms with Crippen molar-refractivity contribution in [3.8, 4) is 0 Å². The van der Waals surface area contributed by atoms with Crippen LogP contribution in [0.1, 0.15) is 32.6 Å². The van der Waals surface area contributed by atoms with E-state index in [1.807, 2.05) is 6.92 Å². The summed E-state index contributed by atoms with van der Waals surface area (Å²) in [4.78, 5) is 22.6. The first-order chi connectivity index (χ1) is 7.65. The highest BCUT2D eigenvalue weighted by Crippen LogP contribution is 2.14. The van der Waals surface area contributed by atoms with Crippen molar-refractivity contribution < 1.29 is 19.4 Å². The van der Waals surface area contributed by atoms with Crippen molar-refractivity contribution in [2.24, 2.45) is 5.92 Å². The highest BCUT2D eigenvalue weighted by molar-refractivity contribution is 5.85. The lowest BCUT2D eigenvalue weighted by molar-refractivity contribution is -0.143. The second-order valence-corrected chi connectivity index (χ2v) is 4.10. The topological polar surface area (TPSA) is 75.6 Å². The minimum atomic E-state index is -0.966. The van der Waals surface area contributed by atoms with Gasteiger partial charge in [0, 0.05) is 6.61 Å². The van der Waals surface area contributed by atoms with Gasteiger partial charge >= 0.3 is 5.97 Å². The van der Waals surface area contributed by atoms with E-state index in [0.717, 1.165) is 19.3 Å². The van der Waals surface area contributed by atoms with Crippen molar-refractivity contribution in [1.29, 1.82) is 0 Å². The van der Waals surface area contributed by atoms with E-state index in [9.17, 15) is 9.59 Å². The summed E-state index contributed by atoms with van der Waals surface area (Å²) >= 11 is 0. The third kappa shape index (κ3) is 3.81. The first-order valence-electron chi connectivity index (χ1n) is 5.76. The van der Waals surface area contributed by atoms with Gasteiger partial charge in [-0.05, 0) is 19.3 Å². The predicted molar refractivity (Wildman–Crippen MR) is 58.0 cm³/mol. The Balaban J connectivity index is 2.43. The summed E-state index contributed by atoms with van der Waals surface area (Å²) in [5, 5.41) is 11.5. The van der Waals surface area contributed by atoms with Crippen LogP contribution in [0.4, 0.5) is 0 Å². The summed E-state index contributed by atoms with van der Waals surface area (Å²) in [6.07, 6.45) is 2.85. The van der Waals surface area contributed by atoms with Gasteiger partial charge in [-0.3, -0.25) is 4.79 Å². The Labute approximate surface area is 95.2 Å². The molecule has 1 fully saturated rings. The summed E-state index contributed by atoms with van der Waals surface area (Å²) < 4.78 is 5.20. The van der Waals surface area contributed by atoms with Crippen molar-refractivity contribution in [1.82, 2.24) is 5.32 Å². The van der Waals surface area contributed by atoms with Crippen molar-refractivity contribution in [2.75, 3.05) is 13.2 Å². The molecule has 0 aromatic heterocycles. The summed E-state index contributed by atoms with van der Waals surface area (Å²) in [6.45, 7) is 3.00. The standard InChI is InChI=1S/C11H19NO4/c1-2-4-9(11(14)15)12-10(13)8-5-3-6-16-7-8/h8-9H,2-7H2,1H3,(H,12,13)(H,14,15)/t8?,9-/m0/s1. The summed E-state index contributed by atoms with van der Waals surface area (Å²) in [5.41, 5.74) is 0. The molecule has 1 unspecified atom stereocenters. The summed E-state index contributed by atoms with van der Waals surface area (Å²) in [7, 11) is 0. The highest BCUT2D eigenvalue weighted by atomic mass is 16.5. The maximum absolute atomic E-state index is 11.7. The first-order valence-corrected chi connectivity index (χ1v) is 5.76. The zero-order valence-electron chi connectivity index (χ0n) is 9.57. The number of aliphatic carboxylic acids is 1. The fourth-order valence-electron chi connectivity index (χ4n) is 1.78. The van der Waals surface area contributed by atoms with Crippen LogP contribution in [0.2, 0.25) is 0 Å². The highest BCUT2D eigenvalue weighted by Gasteiger charge is 2.26. The van der Waals surface area contributed by atoms with Gasteiger partial charge in [-0.15, -0.1) is 0 Å². The molecule has 1 aliphatic heterocycles. The molecule has 5 nitrogen and oxygen atoms in total. The second-order valence-electron chi connectivity index (χ2n) is 4.10. The average molecular weight is 229 g/mol. The predicted octanol–water partition coefficient (Wildman–Crippen LogP) is 0.782. The third-order valence-corrected chi connectivity index (χ3v) is 2.72. The van der Waals surface area contributed by atoms with E-state index in [1.54, 1.807) is 0 Å². The van der Waals surface area contributed by atoms with Gasteiger partial charge in [-0.25, -0.2) is 4.79 Å². The fourth-order valence-corrected chi connectivity index (χ4v) is 1.78. The maximum atomic E-state index is 11.7. The van der Waals surface area contributed by atoms with Crippen LogP contribution in [0, 0.1) is 5.92 Å². The van der Waals surface area contributed by atoms with Gasteiger partial charge < -0.3 is 15.2 Å². The van der Waals surface area contributed by atoms with Crippen LogP contribution in [0.3, 0.4) is 0 Å². The zero-order chi connectivity index (χ0) is 12.0. The van der Waals surface area contributed by atoms with Crippen LogP contribution < -0.4 is 5.32 Å². The molecule has 1 saturated heterocycles. The molecule has 0 spiro atoms. The third-order valence-electron chi connectivity index (χ3n) is 2.72. The monoisotopic (exact) mass is 229 g/mol. The van der Waals surface area contributed by atoms with Gasteiger partial charge in [0.25, 0.3) is 0 Å². The molecule has 0 bridgehead atoms. The normalized spacial score (nSPS) is 22.4. The lowest BCUT2D eigenvalue weighted by atomic mass is 10.0. The number of carbonyl (C=O) groups is 2. The van der Waals surface area contributed by atoms with E-state index in [4.69, 9.17) is 9.84 Å². The summed E-state index contributed by atoms with van der Waals surface area (Å²) in [5.74, 6) is -1.35. The Morgan fingerprint density at radius 1 is 1.56 bits per heavy atom. The van der Waals surface area contributed by atoms with Crippen LogP contribution in [0.15, 0.2) is 0 Å². The number of ether oxygens (including phenoxy) is 1. The van der Waals surface area contributed by atoms with Gasteiger partial charge in [0.1, 0.15) is 6.04 Å². The Morgan fingerprint density at radius 2 is 2.31 bits per heavy atom. The average Bonchev–Trinajstić information content (AvgIpc) is 2.29. The van der Waals surface area contributed by atoms with E-state index in [2.05, 4.69) is 5.32 Å². The zero-order valence-corrected chi connectivity index (χ0v) is 9.57. The molecule has 0 saturated carbocycles. The van der Waals surface area contributed by atoms with Gasteiger partial charge in [-0.2, -0.15) is 0 Å². The molecule has 0 aromatic rings. The van der Waals surface area contributed by atoms with E-state index < -0.39 is 12.0 Å². The van der Waals surface area contributed by atoms with Crippen LogP contribution in [0.5, 0.6) is 0 Å². The number of hydrogen-bond acceptors (Lipinski definition) is 3. The van der Waals surface area contributed by atoms with Crippen LogP contribution >= 0.6 is 0 Å². The maximum Gasteiger partial charge on any atom is 0.326 e. The van der Waals surface area contributed by atoms with Gasteiger partial charge in [0.2, 0.25) is 5.91 Å². The number of nitrogens with one attached hydrogen (secondary N) is 1. The van der Waals surface area contributed by atoms with Crippen molar-refractivity contribution in [2.45, 2.75) is 38.6 Å². The molecule has 0 aliphatic carbocycles. The van der Waals surface area contributed by atoms with Crippen molar-refractivity contribution >= 4 is 11.9 Å². The molecular weight excluding hydrogens is 210 g/mol. The van der Waals surface area contributed by atoms with E-state index >= 15 is 0 Å². The first kappa shape index (κ1) is 13.0.